The minimum Gasteiger partial charge on any atom is -0.379 e. The predicted octanol–water partition coefficient (Wildman–Crippen LogP) is 2.33. The number of nitrogens with zero attached hydrogens (tertiary/aromatic N) is 2. The molecule has 1 heterocycles. The molecule has 0 aromatic rings. The lowest BCUT2D eigenvalue weighted by atomic mass is 9.92. The number of halogens is 1. The summed E-state index contributed by atoms with van der Waals surface area (Å²) in [6.45, 7) is 14.0. The molecule has 6 nitrogen and oxygen atoms in total. The summed E-state index contributed by atoms with van der Waals surface area (Å²) in [5.74, 6) is 1.52. The highest BCUT2D eigenvalue weighted by Crippen LogP contribution is 2.19. The Morgan fingerprint density at radius 1 is 1.20 bits per heavy atom. The van der Waals surface area contributed by atoms with Crippen molar-refractivity contribution in [2.24, 2.45) is 10.9 Å². The van der Waals surface area contributed by atoms with Crippen molar-refractivity contribution in [3.05, 3.63) is 0 Å². The highest BCUT2D eigenvalue weighted by Gasteiger charge is 2.27. The van der Waals surface area contributed by atoms with Crippen molar-refractivity contribution in [2.75, 3.05) is 53.6 Å². The Bertz CT molecular complexity index is 370. The smallest absolute Gasteiger partial charge is 0.191 e. The van der Waals surface area contributed by atoms with Crippen LogP contribution in [0.25, 0.3) is 0 Å². The molecule has 0 bridgehead atoms. The molecular formula is C18H39IN4O2. The molecule has 1 unspecified atom stereocenters. The third kappa shape index (κ3) is 8.88. The molecule has 0 saturated carbocycles. The molecule has 0 aliphatic carbocycles. The van der Waals surface area contributed by atoms with Crippen molar-refractivity contribution in [3.63, 3.8) is 0 Å². The Morgan fingerprint density at radius 2 is 1.80 bits per heavy atom. The maximum atomic E-state index is 5.52. The van der Waals surface area contributed by atoms with Gasteiger partial charge in [-0.15, -0.1) is 24.0 Å². The van der Waals surface area contributed by atoms with Crippen LogP contribution >= 0.6 is 24.0 Å². The SMILES string of the molecule is CCC(CC)C(CNC(=NC)NCC(C)(C)OC)N1CCOCC1.I. The quantitative estimate of drug-likeness (QED) is 0.308. The van der Waals surface area contributed by atoms with Crippen LogP contribution in [0.3, 0.4) is 0 Å². The van der Waals surface area contributed by atoms with Gasteiger partial charge in [-0.2, -0.15) is 0 Å². The first-order valence-electron chi connectivity index (χ1n) is 9.28. The number of guanidine groups is 1. The van der Waals surface area contributed by atoms with Crippen molar-refractivity contribution in [1.82, 2.24) is 15.5 Å². The monoisotopic (exact) mass is 470 g/mol. The molecule has 1 aliphatic rings. The molecule has 1 aliphatic heterocycles. The van der Waals surface area contributed by atoms with E-state index in [1.54, 1.807) is 7.11 Å². The number of ether oxygens (including phenoxy) is 2. The molecule has 1 fully saturated rings. The number of aliphatic imine (C=N–C) groups is 1. The molecule has 25 heavy (non-hydrogen) atoms. The summed E-state index contributed by atoms with van der Waals surface area (Å²) >= 11 is 0. The molecule has 1 rings (SSSR count). The fourth-order valence-electron chi connectivity index (χ4n) is 3.13. The fraction of sp³-hybridized carbons (Fsp3) is 0.944. The van der Waals surface area contributed by atoms with Crippen LogP contribution in [-0.4, -0.2) is 76.1 Å². The van der Waals surface area contributed by atoms with E-state index in [4.69, 9.17) is 9.47 Å². The Hall–Kier alpha value is -0.120. The van der Waals surface area contributed by atoms with Crippen LogP contribution in [0.4, 0.5) is 0 Å². The lowest BCUT2D eigenvalue weighted by Crippen LogP contribution is -2.54. The second-order valence-corrected chi connectivity index (χ2v) is 7.06. The van der Waals surface area contributed by atoms with E-state index in [0.29, 0.717) is 12.0 Å². The molecule has 7 heteroatoms. The van der Waals surface area contributed by atoms with E-state index < -0.39 is 0 Å². The molecule has 0 amide bonds. The predicted molar refractivity (Wildman–Crippen MR) is 116 cm³/mol. The van der Waals surface area contributed by atoms with E-state index in [1.165, 1.54) is 12.8 Å². The number of rotatable bonds is 9. The first kappa shape index (κ1) is 24.9. The van der Waals surface area contributed by atoms with Gasteiger partial charge in [-0.25, -0.2) is 0 Å². The van der Waals surface area contributed by atoms with Crippen molar-refractivity contribution >= 4 is 29.9 Å². The molecular weight excluding hydrogens is 431 g/mol. The van der Waals surface area contributed by atoms with Crippen LogP contribution in [0.15, 0.2) is 4.99 Å². The Labute approximate surface area is 171 Å². The Kier molecular flexibility index (Phi) is 13.0. The van der Waals surface area contributed by atoms with Crippen molar-refractivity contribution in [2.45, 2.75) is 52.2 Å². The topological polar surface area (TPSA) is 58.1 Å². The van der Waals surface area contributed by atoms with E-state index in [2.05, 4.69) is 48.2 Å². The third-order valence-corrected chi connectivity index (χ3v) is 5.04. The summed E-state index contributed by atoms with van der Waals surface area (Å²) < 4.78 is 11.0. The number of methoxy groups -OCH3 is 1. The van der Waals surface area contributed by atoms with E-state index >= 15 is 0 Å². The van der Waals surface area contributed by atoms with Crippen molar-refractivity contribution in [1.29, 1.82) is 0 Å². The van der Waals surface area contributed by atoms with Gasteiger partial charge in [-0.05, 0) is 19.8 Å². The number of hydrogen-bond acceptors (Lipinski definition) is 4. The largest absolute Gasteiger partial charge is 0.379 e. The summed E-state index contributed by atoms with van der Waals surface area (Å²) in [5, 5.41) is 6.88. The molecule has 0 radical (unpaired) electrons. The van der Waals surface area contributed by atoms with Crippen molar-refractivity contribution < 1.29 is 9.47 Å². The van der Waals surface area contributed by atoms with E-state index in [-0.39, 0.29) is 29.6 Å². The average molecular weight is 470 g/mol. The molecule has 0 aromatic carbocycles. The van der Waals surface area contributed by atoms with Gasteiger partial charge in [0, 0.05) is 46.4 Å². The first-order valence-corrected chi connectivity index (χ1v) is 9.28. The third-order valence-electron chi connectivity index (χ3n) is 5.04. The van der Waals surface area contributed by atoms with Crippen LogP contribution in [0.1, 0.15) is 40.5 Å². The van der Waals surface area contributed by atoms with Crippen LogP contribution in [-0.2, 0) is 9.47 Å². The van der Waals surface area contributed by atoms with E-state index in [1.807, 2.05) is 7.05 Å². The minimum atomic E-state index is -0.212. The van der Waals surface area contributed by atoms with Crippen LogP contribution in [0.5, 0.6) is 0 Å². The summed E-state index contributed by atoms with van der Waals surface area (Å²) in [6.07, 6.45) is 2.39. The number of nitrogens with one attached hydrogen (secondary N) is 2. The highest BCUT2D eigenvalue weighted by atomic mass is 127. The van der Waals surface area contributed by atoms with Gasteiger partial charge in [0.25, 0.3) is 0 Å². The van der Waals surface area contributed by atoms with Gasteiger partial charge in [0.05, 0.1) is 18.8 Å². The lowest BCUT2D eigenvalue weighted by Gasteiger charge is -2.39. The summed E-state index contributed by atoms with van der Waals surface area (Å²) in [6, 6.07) is 0.512. The second kappa shape index (κ2) is 13.1. The van der Waals surface area contributed by atoms with Gasteiger partial charge in [0.1, 0.15) is 0 Å². The Morgan fingerprint density at radius 3 is 2.28 bits per heavy atom. The fourth-order valence-corrected chi connectivity index (χ4v) is 3.13. The summed E-state index contributed by atoms with van der Waals surface area (Å²) in [7, 11) is 3.55. The zero-order valence-corrected chi connectivity index (χ0v) is 19.3. The standard InChI is InChI=1S/C18H38N4O2.HI/c1-7-15(8-2)16(22-9-11-24-12-10-22)13-20-17(19-5)21-14-18(3,4)23-6;/h15-16H,7-14H2,1-6H3,(H2,19,20,21);1H. The molecule has 2 N–H and O–H groups in total. The Balaban J connectivity index is 0.00000576. The number of morpholine rings is 1. The maximum Gasteiger partial charge on any atom is 0.191 e. The number of hydrogen-bond donors (Lipinski definition) is 2. The average Bonchev–Trinajstić information content (AvgIpc) is 2.61. The van der Waals surface area contributed by atoms with Gasteiger partial charge in [0.2, 0.25) is 0 Å². The second-order valence-electron chi connectivity index (χ2n) is 7.06. The van der Waals surface area contributed by atoms with Gasteiger partial charge in [0.15, 0.2) is 5.96 Å². The van der Waals surface area contributed by atoms with Gasteiger partial charge < -0.3 is 20.1 Å². The highest BCUT2D eigenvalue weighted by molar-refractivity contribution is 14.0. The van der Waals surface area contributed by atoms with E-state index in [9.17, 15) is 0 Å². The van der Waals surface area contributed by atoms with Crippen LogP contribution < -0.4 is 10.6 Å². The zero-order chi connectivity index (χ0) is 18.0. The molecule has 0 spiro atoms. The van der Waals surface area contributed by atoms with Crippen LogP contribution in [0.2, 0.25) is 0 Å². The lowest BCUT2D eigenvalue weighted by molar-refractivity contribution is 0.00261. The first-order chi connectivity index (χ1) is 11.5. The normalized spacial score (nSPS) is 18.0. The molecule has 150 valence electrons. The van der Waals surface area contributed by atoms with Gasteiger partial charge >= 0.3 is 0 Å². The zero-order valence-electron chi connectivity index (χ0n) is 16.9. The van der Waals surface area contributed by atoms with Gasteiger partial charge in [-0.1, -0.05) is 26.7 Å². The molecule has 1 saturated heterocycles. The molecule has 0 aromatic heterocycles. The maximum absolute atomic E-state index is 5.52. The van der Waals surface area contributed by atoms with E-state index in [0.717, 1.165) is 45.4 Å². The van der Waals surface area contributed by atoms with Crippen LogP contribution in [0, 0.1) is 5.92 Å². The van der Waals surface area contributed by atoms with Crippen molar-refractivity contribution in [3.8, 4) is 0 Å². The minimum absolute atomic E-state index is 0. The molecule has 1 atom stereocenters. The summed E-state index contributed by atoms with van der Waals surface area (Å²) in [5.41, 5.74) is -0.212. The van der Waals surface area contributed by atoms with Gasteiger partial charge in [-0.3, -0.25) is 9.89 Å². The summed E-state index contributed by atoms with van der Waals surface area (Å²) in [4.78, 5) is 6.92.